The van der Waals surface area contributed by atoms with E-state index in [-0.39, 0.29) is 5.72 Å². The first-order valence-electron chi connectivity index (χ1n) is 5.57. The number of thioether (sulfide) groups is 1. The van der Waals surface area contributed by atoms with Crippen LogP contribution in [0.5, 0.6) is 0 Å². The Kier molecular flexibility index (Phi) is 4.87. The lowest BCUT2D eigenvalue weighted by Gasteiger charge is -2.31. The second-order valence-corrected chi connectivity index (χ2v) is 5.99. The molecule has 15 heavy (non-hydrogen) atoms. The number of rotatable bonds is 4. The molecule has 1 unspecified atom stereocenters. The molecule has 0 amide bonds. The molecule has 0 aromatic carbocycles. The van der Waals surface area contributed by atoms with E-state index >= 15 is 0 Å². The minimum atomic E-state index is -0.216. The summed E-state index contributed by atoms with van der Waals surface area (Å²) in [5.41, 5.74) is -0.216. The van der Waals surface area contributed by atoms with Gasteiger partial charge in [-0.25, -0.2) is 0 Å². The highest BCUT2D eigenvalue weighted by Crippen LogP contribution is 2.29. The summed E-state index contributed by atoms with van der Waals surface area (Å²) in [6.07, 6.45) is 1.25. The van der Waals surface area contributed by atoms with Crippen LogP contribution in [0.3, 0.4) is 0 Å². The van der Waals surface area contributed by atoms with Gasteiger partial charge in [-0.05, 0) is 26.0 Å². The second-order valence-electron chi connectivity index (χ2n) is 4.20. The maximum absolute atomic E-state index is 6.00. The standard InChI is InChI=1S/C11H21NOS2/c1-5-10(14)12-7-9(8-15-6-2)13-11(12,3)4/h9H,5-8H2,1-4H3. The lowest BCUT2D eigenvalue weighted by atomic mass is 10.2. The van der Waals surface area contributed by atoms with Crippen LogP contribution in [-0.2, 0) is 4.74 Å². The van der Waals surface area contributed by atoms with E-state index in [0.29, 0.717) is 6.10 Å². The summed E-state index contributed by atoms with van der Waals surface area (Å²) in [5, 5.41) is 0. The van der Waals surface area contributed by atoms with Crippen molar-refractivity contribution in [3.63, 3.8) is 0 Å². The maximum atomic E-state index is 6.00. The summed E-state index contributed by atoms with van der Waals surface area (Å²) in [7, 11) is 0. The molecule has 0 aliphatic carbocycles. The number of hydrogen-bond acceptors (Lipinski definition) is 3. The van der Waals surface area contributed by atoms with Crippen molar-refractivity contribution in [1.82, 2.24) is 4.90 Å². The molecule has 0 spiro atoms. The molecular weight excluding hydrogens is 226 g/mol. The molecule has 1 heterocycles. The predicted octanol–water partition coefficient (Wildman–Crippen LogP) is 2.91. The lowest BCUT2D eigenvalue weighted by Crippen LogP contribution is -2.42. The molecule has 1 aliphatic rings. The Hall–Kier alpha value is 0.200. The quantitative estimate of drug-likeness (QED) is 0.708. The Labute approximate surface area is 103 Å². The average Bonchev–Trinajstić information content (AvgIpc) is 2.49. The minimum Gasteiger partial charge on any atom is -0.350 e. The molecule has 0 radical (unpaired) electrons. The minimum absolute atomic E-state index is 0.216. The van der Waals surface area contributed by atoms with Gasteiger partial charge in [-0.2, -0.15) is 11.8 Å². The van der Waals surface area contributed by atoms with Crippen LogP contribution in [0.2, 0.25) is 0 Å². The van der Waals surface area contributed by atoms with E-state index in [0.717, 1.165) is 29.5 Å². The summed E-state index contributed by atoms with van der Waals surface area (Å²) < 4.78 is 6.00. The zero-order valence-corrected chi connectivity index (χ0v) is 11.7. The van der Waals surface area contributed by atoms with Crippen molar-refractivity contribution in [2.75, 3.05) is 18.1 Å². The van der Waals surface area contributed by atoms with Crippen molar-refractivity contribution in [1.29, 1.82) is 0 Å². The third kappa shape index (κ3) is 3.33. The number of thiocarbonyl (C=S) groups is 1. The fraction of sp³-hybridized carbons (Fsp3) is 0.909. The molecule has 1 fully saturated rings. The van der Waals surface area contributed by atoms with Crippen molar-refractivity contribution < 1.29 is 4.74 Å². The average molecular weight is 247 g/mol. The Morgan fingerprint density at radius 1 is 1.53 bits per heavy atom. The summed E-state index contributed by atoms with van der Waals surface area (Å²) in [4.78, 5) is 3.24. The van der Waals surface area contributed by atoms with Crippen LogP contribution in [0.15, 0.2) is 0 Å². The fourth-order valence-corrected chi connectivity index (χ4v) is 2.83. The van der Waals surface area contributed by atoms with Gasteiger partial charge in [0.25, 0.3) is 0 Å². The van der Waals surface area contributed by atoms with E-state index in [1.165, 1.54) is 0 Å². The molecule has 2 nitrogen and oxygen atoms in total. The zero-order valence-electron chi connectivity index (χ0n) is 10.1. The first-order valence-corrected chi connectivity index (χ1v) is 7.13. The highest BCUT2D eigenvalue weighted by atomic mass is 32.2. The summed E-state index contributed by atoms with van der Waals surface area (Å²) in [6.45, 7) is 9.44. The topological polar surface area (TPSA) is 12.5 Å². The van der Waals surface area contributed by atoms with Crippen molar-refractivity contribution in [2.45, 2.75) is 45.9 Å². The smallest absolute Gasteiger partial charge is 0.136 e. The number of nitrogens with zero attached hydrogens (tertiary/aromatic N) is 1. The predicted molar refractivity (Wildman–Crippen MR) is 71.5 cm³/mol. The SMILES string of the molecule is CCSCC1CN(C(=S)CC)C(C)(C)O1. The third-order valence-electron chi connectivity index (χ3n) is 2.60. The van der Waals surface area contributed by atoms with E-state index < -0.39 is 0 Å². The van der Waals surface area contributed by atoms with Crippen LogP contribution >= 0.6 is 24.0 Å². The van der Waals surface area contributed by atoms with Crippen LogP contribution in [0.1, 0.15) is 34.1 Å². The molecule has 88 valence electrons. The van der Waals surface area contributed by atoms with Gasteiger partial charge >= 0.3 is 0 Å². The van der Waals surface area contributed by atoms with Crippen molar-refractivity contribution in [2.24, 2.45) is 0 Å². The molecule has 1 saturated heterocycles. The molecule has 0 aromatic rings. The molecule has 1 atom stereocenters. The van der Waals surface area contributed by atoms with Gasteiger partial charge < -0.3 is 9.64 Å². The van der Waals surface area contributed by atoms with Gasteiger partial charge in [0.15, 0.2) is 0 Å². The van der Waals surface area contributed by atoms with Gasteiger partial charge in [0.2, 0.25) is 0 Å². The van der Waals surface area contributed by atoms with Crippen LogP contribution < -0.4 is 0 Å². The van der Waals surface area contributed by atoms with Gasteiger partial charge in [-0.3, -0.25) is 0 Å². The molecule has 0 N–H and O–H groups in total. The maximum Gasteiger partial charge on any atom is 0.136 e. The van der Waals surface area contributed by atoms with Gasteiger partial charge in [0.05, 0.1) is 11.1 Å². The first-order chi connectivity index (χ1) is 7.01. The first kappa shape index (κ1) is 13.3. The molecule has 0 saturated carbocycles. The lowest BCUT2D eigenvalue weighted by molar-refractivity contribution is -0.0468. The van der Waals surface area contributed by atoms with E-state index in [1.54, 1.807) is 0 Å². The summed E-state index contributed by atoms with van der Waals surface area (Å²) >= 11 is 7.30. The Bertz CT molecular complexity index is 231. The third-order valence-corrected chi connectivity index (χ3v) is 4.13. The second kappa shape index (κ2) is 5.51. The van der Waals surface area contributed by atoms with Crippen molar-refractivity contribution in [3.8, 4) is 0 Å². The number of hydrogen-bond donors (Lipinski definition) is 0. The molecule has 4 heteroatoms. The highest BCUT2D eigenvalue weighted by molar-refractivity contribution is 7.99. The van der Waals surface area contributed by atoms with E-state index in [2.05, 4.69) is 32.6 Å². The summed E-state index contributed by atoms with van der Waals surface area (Å²) in [6, 6.07) is 0. The van der Waals surface area contributed by atoms with Gasteiger partial charge in [-0.1, -0.05) is 26.1 Å². The molecule has 0 aromatic heterocycles. The molecule has 0 bridgehead atoms. The van der Waals surface area contributed by atoms with E-state index in [1.807, 2.05) is 11.8 Å². The molecule has 1 aliphatic heterocycles. The highest BCUT2D eigenvalue weighted by Gasteiger charge is 2.39. The Morgan fingerprint density at radius 2 is 2.20 bits per heavy atom. The number of ether oxygens (including phenoxy) is 1. The Balaban J connectivity index is 2.56. The molecule has 1 rings (SSSR count). The van der Waals surface area contributed by atoms with E-state index in [4.69, 9.17) is 17.0 Å². The molecular formula is C11H21NOS2. The van der Waals surface area contributed by atoms with Gasteiger partial charge in [-0.15, -0.1) is 0 Å². The van der Waals surface area contributed by atoms with Crippen molar-refractivity contribution >= 4 is 29.0 Å². The normalized spacial score (nSPS) is 24.5. The zero-order chi connectivity index (χ0) is 11.5. The summed E-state index contributed by atoms with van der Waals surface area (Å²) in [5.74, 6) is 2.22. The van der Waals surface area contributed by atoms with Gasteiger partial charge in [0, 0.05) is 12.3 Å². The monoisotopic (exact) mass is 247 g/mol. The Morgan fingerprint density at radius 3 is 2.73 bits per heavy atom. The van der Waals surface area contributed by atoms with Crippen molar-refractivity contribution in [3.05, 3.63) is 0 Å². The van der Waals surface area contributed by atoms with Crippen LogP contribution in [0.25, 0.3) is 0 Å². The van der Waals surface area contributed by atoms with Crippen LogP contribution in [0.4, 0.5) is 0 Å². The largest absolute Gasteiger partial charge is 0.350 e. The van der Waals surface area contributed by atoms with Gasteiger partial charge in [0.1, 0.15) is 5.72 Å². The van der Waals surface area contributed by atoms with Crippen LogP contribution in [0, 0.1) is 0 Å². The van der Waals surface area contributed by atoms with E-state index in [9.17, 15) is 0 Å². The fourth-order valence-electron chi connectivity index (χ4n) is 1.86. The van der Waals surface area contributed by atoms with Crippen LogP contribution in [-0.4, -0.2) is 39.8 Å².